The molecule has 0 aliphatic carbocycles. The average Bonchev–Trinajstić information content (AvgIpc) is 3.78. The number of hydrogen-bond donors (Lipinski definition) is 0. The van der Waals surface area contributed by atoms with E-state index in [1.54, 1.807) is 0 Å². The molecule has 6 nitrogen and oxygen atoms in total. The van der Waals surface area contributed by atoms with Gasteiger partial charge in [0, 0.05) is 12.4 Å². The van der Waals surface area contributed by atoms with E-state index in [0.717, 1.165) is 17.8 Å². The minimum atomic E-state index is -2.25. The molecule has 3 heterocycles. The van der Waals surface area contributed by atoms with Crippen LogP contribution in [0.5, 0.6) is 0 Å². The van der Waals surface area contributed by atoms with E-state index in [4.69, 9.17) is 0 Å². The third-order valence-corrected chi connectivity index (χ3v) is 12.5. The zero-order valence-electron chi connectivity index (χ0n) is 26.9. The van der Waals surface area contributed by atoms with Crippen molar-refractivity contribution in [3.63, 3.8) is 0 Å². The molecular weight excluding hydrogens is 581 g/mol. The van der Waals surface area contributed by atoms with E-state index in [0.29, 0.717) is 13.1 Å². The smallest absolute Gasteiger partial charge is 0.115 e. The molecule has 7 heteroatoms. The number of allylic oxidation sites excluding steroid dienone is 2. The van der Waals surface area contributed by atoms with Crippen molar-refractivity contribution in [3.05, 3.63) is 166 Å². The summed E-state index contributed by atoms with van der Waals surface area (Å²) in [6, 6.07) is 40.1. The molecule has 0 atom stereocenters. The summed E-state index contributed by atoms with van der Waals surface area (Å²) < 4.78 is 3.83. The Balaban J connectivity index is 1.35. The highest BCUT2D eigenvalue weighted by Crippen LogP contribution is 2.55. The molecule has 228 valence electrons. The topological polar surface area (TPSA) is 61.4 Å². The summed E-state index contributed by atoms with van der Waals surface area (Å²) in [4.78, 5) is 0. The summed E-state index contributed by atoms with van der Waals surface area (Å²) in [5, 5.41) is 19.9. The Labute approximate surface area is 271 Å². The second kappa shape index (κ2) is 12.3. The molecule has 0 saturated heterocycles. The van der Waals surface area contributed by atoms with Crippen molar-refractivity contribution in [1.82, 2.24) is 30.0 Å². The molecule has 0 saturated carbocycles. The fraction of sp³-hybridized carbons (Fsp3) is 0.179. The van der Waals surface area contributed by atoms with E-state index in [9.17, 15) is 0 Å². The Morgan fingerprint density at radius 3 is 1.41 bits per heavy atom. The van der Waals surface area contributed by atoms with Gasteiger partial charge >= 0.3 is 0 Å². The Hall–Kier alpha value is -5.14. The van der Waals surface area contributed by atoms with Crippen molar-refractivity contribution < 1.29 is 0 Å². The van der Waals surface area contributed by atoms with Crippen molar-refractivity contribution in [2.75, 3.05) is 0 Å². The molecule has 0 bridgehead atoms. The lowest BCUT2D eigenvalue weighted by atomic mass is 9.89. The molecule has 6 aromatic rings. The normalized spacial score (nSPS) is 14.3. The lowest BCUT2D eigenvalue weighted by Crippen LogP contribution is -2.28. The first kappa shape index (κ1) is 29.6. The van der Waals surface area contributed by atoms with Crippen LogP contribution < -0.4 is 0 Å². The van der Waals surface area contributed by atoms with Crippen LogP contribution in [0.1, 0.15) is 51.7 Å². The van der Waals surface area contributed by atoms with Gasteiger partial charge in [0.15, 0.2) is 0 Å². The lowest BCUT2D eigenvalue weighted by molar-refractivity contribution is 0.649. The minimum Gasteiger partial charge on any atom is -0.248 e. The highest BCUT2D eigenvalue weighted by atomic mass is 28.3. The van der Waals surface area contributed by atoms with Crippen molar-refractivity contribution >= 4 is 29.6 Å². The Kier molecular flexibility index (Phi) is 7.92. The molecule has 4 aromatic carbocycles. The summed E-state index contributed by atoms with van der Waals surface area (Å²) in [6.07, 6.45) is 4.91. The number of hydrogen-bond acceptors (Lipinski definition) is 4. The first-order valence-corrected chi connectivity index (χ1v) is 19.0. The third kappa shape index (κ3) is 5.70. The van der Waals surface area contributed by atoms with Gasteiger partial charge in [0.1, 0.15) is 8.07 Å². The number of rotatable bonds is 9. The molecule has 0 amide bonds. The van der Waals surface area contributed by atoms with Crippen molar-refractivity contribution in [3.8, 4) is 0 Å². The monoisotopic (exact) mass is 618 g/mol. The van der Waals surface area contributed by atoms with Crippen molar-refractivity contribution in [2.24, 2.45) is 0 Å². The van der Waals surface area contributed by atoms with E-state index < -0.39 is 8.07 Å². The van der Waals surface area contributed by atoms with Gasteiger partial charge in [0.2, 0.25) is 0 Å². The third-order valence-electron chi connectivity index (χ3n) is 8.90. The van der Waals surface area contributed by atoms with Crippen LogP contribution in [0.25, 0.3) is 21.5 Å². The fourth-order valence-corrected chi connectivity index (χ4v) is 10.6. The summed E-state index contributed by atoms with van der Waals surface area (Å²) in [7, 11) is -2.25. The van der Waals surface area contributed by atoms with Gasteiger partial charge in [0.05, 0.1) is 24.5 Å². The molecule has 2 aromatic heterocycles. The van der Waals surface area contributed by atoms with Gasteiger partial charge in [-0.1, -0.05) is 140 Å². The fourth-order valence-electron chi connectivity index (χ4n) is 6.78. The van der Waals surface area contributed by atoms with Gasteiger partial charge < -0.3 is 0 Å². The van der Waals surface area contributed by atoms with E-state index >= 15 is 0 Å². The first-order valence-electron chi connectivity index (χ1n) is 16.0. The molecule has 0 unspecified atom stereocenters. The molecule has 1 aliphatic heterocycles. The minimum absolute atomic E-state index is 0.700. The molecule has 1 aliphatic rings. The van der Waals surface area contributed by atoms with Gasteiger partial charge in [-0.3, -0.25) is 0 Å². The maximum absolute atomic E-state index is 4.32. The standard InChI is InChI=1S/C39H38N6Si/c1-5-35-27-45(43-41-35)26-30-18-22-34(23-19-30)39-37(32-14-10-7-11-15-32)36(31-12-8-6-9-13-31)38(46(39,3)4)33-20-16-29(17-21-33)25-44-24-28(2)40-42-44/h6-24,27H,5,25-26H2,1-4H3. The molecule has 46 heavy (non-hydrogen) atoms. The van der Waals surface area contributed by atoms with Gasteiger partial charge in [-0.05, 0) is 68.3 Å². The molecule has 0 radical (unpaired) electrons. The van der Waals surface area contributed by atoms with Crippen LogP contribution in [-0.2, 0) is 19.5 Å². The van der Waals surface area contributed by atoms with Crippen molar-refractivity contribution in [1.29, 1.82) is 0 Å². The van der Waals surface area contributed by atoms with Crippen LogP contribution in [0.15, 0.2) is 122 Å². The first-order chi connectivity index (χ1) is 22.4. The maximum Gasteiger partial charge on any atom is 0.115 e. The highest BCUT2D eigenvalue weighted by molar-refractivity contribution is 7.13. The molecular formula is C39H38N6Si. The SMILES string of the molecule is CCc1cn(Cc2ccc(C3=C(c4ccccc4)C(c4ccccc4)=C(c4ccc(Cn5cc(C)nn5)cc4)[Si]3(C)C)cc2)nn1. The highest BCUT2D eigenvalue weighted by Gasteiger charge is 2.43. The van der Waals surface area contributed by atoms with Crippen LogP contribution in [0.4, 0.5) is 0 Å². The Morgan fingerprint density at radius 1 is 0.543 bits per heavy atom. The summed E-state index contributed by atoms with van der Waals surface area (Å²) in [5.41, 5.74) is 12.1. The number of aromatic nitrogens is 6. The predicted octanol–water partition coefficient (Wildman–Crippen LogP) is 8.16. The van der Waals surface area contributed by atoms with E-state index in [2.05, 4.69) is 150 Å². The van der Waals surface area contributed by atoms with Crippen LogP contribution in [-0.4, -0.2) is 38.1 Å². The van der Waals surface area contributed by atoms with Crippen LogP contribution in [0, 0.1) is 6.92 Å². The van der Waals surface area contributed by atoms with E-state index in [1.807, 2.05) is 28.7 Å². The van der Waals surface area contributed by atoms with E-state index in [-0.39, 0.29) is 0 Å². The van der Waals surface area contributed by atoms with Crippen LogP contribution in [0.2, 0.25) is 13.1 Å². The molecule has 0 N–H and O–H groups in total. The zero-order valence-corrected chi connectivity index (χ0v) is 27.9. The average molecular weight is 619 g/mol. The number of aryl methyl sites for hydroxylation is 2. The van der Waals surface area contributed by atoms with Crippen LogP contribution in [0.3, 0.4) is 0 Å². The molecule has 0 spiro atoms. The number of nitrogens with zero attached hydrogens (tertiary/aromatic N) is 6. The second-order valence-electron chi connectivity index (χ2n) is 12.6. The maximum atomic E-state index is 4.32. The Bertz CT molecular complexity index is 2030. The molecule has 7 rings (SSSR count). The van der Waals surface area contributed by atoms with Gasteiger partial charge in [-0.25, -0.2) is 9.36 Å². The molecule has 0 fully saturated rings. The second-order valence-corrected chi connectivity index (χ2v) is 16.8. The van der Waals surface area contributed by atoms with Gasteiger partial charge in [-0.15, -0.1) is 10.2 Å². The quantitative estimate of drug-likeness (QED) is 0.153. The van der Waals surface area contributed by atoms with Crippen molar-refractivity contribution in [2.45, 2.75) is 46.5 Å². The van der Waals surface area contributed by atoms with Crippen LogP contribution >= 0.6 is 0 Å². The lowest BCUT2D eigenvalue weighted by Gasteiger charge is -2.27. The summed E-state index contributed by atoms with van der Waals surface area (Å²) >= 11 is 0. The summed E-state index contributed by atoms with van der Waals surface area (Å²) in [5.74, 6) is 0. The summed E-state index contributed by atoms with van der Waals surface area (Å²) in [6.45, 7) is 10.5. The van der Waals surface area contributed by atoms with E-state index in [1.165, 1.54) is 54.9 Å². The number of benzene rings is 4. The van der Waals surface area contributed by atoms with Gasteiger partial charge in [0.25, 0.3) is 0 Å². The van der Waals surface area contributed by atoms with Gasteiger partial charge in [-0.2, -0.15) is 0 Å². The predicted molar refractivity (Wildman–Crippen MR) is 189 cm³/mol. The largest absolute Gasteiger partial charge is 0.248 e. The Morgan fingerprint density at radius 2 is 1.00 bits per heavy atom. The zero-order chi connectivity index (χ0) is 31.7.